The average molecular weight is 812 g/mol. The van der Waals surface area contributed by atoms with Crippen LogP contribution in [0.5, 0.6) is 0 Å². The smallest absolute Gasteiger partial charge is 0.387 e. The quantitative estimate of drug-likeness (QED) is 0.0894. The molecule has 6 rings (SSSR count). The fraction of sp³-hybridized carbons (Fsp3) is 0.462. The molecule has 0 saturated carbocycles. The number of ether oxygens (including phenoxy) is 4. The summed E-state index contributed by atoms with van der Waals surface area (Å²) >= 11 is 0. The first-order chi connectivity index (χ1) is 24.9. The second kappa shape index (κ2) is 15.5. The van der Waals surface area contributed by atoms with E-state index in [0.717, 1.165) is 34.7 Å². The van der Waals surface area contributed by atoms with Crippen LogP contribution < -0.4 is 22.5 Å². The summed E-state index contributed by atoms with van der Waals surface area (Å²) in [6, 6.07) is 10.9. The Morgan fingerprint density at radius 2 is 1.15 bits per heavy atom. The molecule has 1 aromatic carbocycles. The molecule has 27 heteroatoms. The summed E-state index contributed by atoms with van der Waals surface area (Å²) in [7, 11) is -17.3. The number of aliphatic hydroxyl groups is 2. The maximum Gasteiger partial charge on any atom is 0.490 e. The largest absolute Gasteiger partial charge is 0.490 e. The van der Waals surface area contributed by atoms with E-state index in [1.54, 1.807) is 30.3 Å². The number of benzene rings is 1. The van der Waals surface area contributed by atoms with Crippen LogP contribution in [0.1, 0.15) is 18.0 Å². The molecule has 290 valence electrons. The molecule has 0 aliphatic carbocycles. The second-order valence-electron chi connectivity index (χ2n) is 11.6. The van der Waals surface area contributed by atoms with Gasteiger partial charge in [0.15, 0.2) is 18.7 Å². The predicted molar refractivity (Wildman–Crippen MR) is 170 cm³/mol. The number of rotatable bonds is 14. The minimum absolute atomic E-state index is 0.243. The van der Waals surface area contributed by atoms with Gasteiger partial charge in [0.2, 0.25) is 0 Å². The van der Waals surface area contributed by atoms with Crippen molar-refractivity contribution in [2.24, 2.45) is 0 Å². The van der Waals surface area contributed by atoms with Gasteiger partial charge < -0.3 is 43.8 Å². The fourth-order valence-corrected chi connectivity index (χ4v) is 9.19. The molecule has 3 aromatic rings. The van der Waals surface area contributed by atoms with Crippen molar-refractivity contribution in [3.05, 3.63) is 102 Å². The number of phosphoric acid groups is 3. The van der Waals surface area contributed by atoms with E-state index < -0.39 is 115 Å². The zero-order valence-corrected chi connectivity index (χ0v) is 29.3. The van der Waals surface area contributed by atoms with E-state index in [4.69, 9.17) is 23.5 Å². The normalized spacial score (nSPS) is 31.8. The number of aromatic amines is 2. The van der Waals surface area contributed by atoms with E-state index >= 15 is 0 Å². The van der Waals surface area contributed by atoms with E-state index in [1.165, 1.54) is 0 Å². The van der Waals surface area contributed by atoms with E-state index in [-0.39, 0.29) is 6.42 Å². The molecular formula is C26H31N4O20P3. The van der Waals surface area contributed by atoms with Crippen LogP contribution in [-0.2, 0) is 56.7 Å². The lowest BCUT2D eigenvalue weighted by molar-refractivity contribution is -0.150. The summed E-state index contributed by atoms with van der Waals surface area (Å²) in [6.45, 7) is -2.01. The van der Waals surface area contributed by atoms with Crippen LogP contribution in [0.3, 0.4) is 0 Å². The number of hydrogen-bond acceptors (Lipinski definition) is 17. The molecule has 3 fully saturated rings. The summed E-state index contributed by atoms with van der Waals surface area (Å²) in [5.74, 6) is 0. The topological polar surface area (TPSA) is 336 Å². The number of H-pyrrole nitrogens is 2. The minimum atomic E-state index is -5.98. The van der Waals surface area contributed by atoms with E-state index in [0.29, 0.717) is 4.57 Å². The summed E-state index contributed by atoms with van der Waals surface area (Å²) < 4.78 is 80.0. The monoisotopic (exact) mass is 812 g/mol. The van der Waals surface area contributed by atoms with Crippen molar-refractivity contribution < 1.29 is 75.2 Å². The molecule has 4 unspecified atom stereocenters. The van der Waals surface area contributed by atoms with Gasteiger partial charge in [-0.05, 0) is 5.56 Å². The molecule has 0 radical (unpaired) electrons. The number of aromatic nitrogens is 4. The van der Waals surface area contributed by atoms with Gasteiger partial charge in [-0.1, -0.05) is 30.3 Å². The Balaban J connectivity index is 1.06. The number of nitrogens with zero attached hydrogens (tertiary/aromatic N) is 2. The lowest BCUT2D eigenvalue weighted by Crippen LogP contribution is -2.37. The zero-order valence-electron chi connectivity index (χ0n) is 26.6. The number of fused-ring (bicyclic) bond motifs is 1. The standard InChI is InChI=1S/C26H31N4O20P3/c31-16-6-8-29(25(35)27-16)23-20(34)19(33)14(45-23)11-43-51(37,38)49-53(41,42)50-52(39,40)44-12-15-21-22(24(46-15)30-9-7-17(32)28-26(30)36)48-18(47-21)10-13-4-2-1-3-5-13/h1-9,14-15,18-24,33-34H,10-12H2,(H,37,38)(H,39,40)(H,41,42)(H,27,31,35)(H,28,32,36)/t14-,15-,18?,19-,20-,21+,22+,23-,24-/m1/s1. The average Bonchev–Trinajstić information content (AvgIpc) is 3.70. The summed E-state index contributed by atoms with van der Waals surface area (Å²) in [5.41, 5.74) is -2.56. The molecule has 0 spiro atoms. The van der Waals surface area contributed by atoms with E-state index in [2.05, 4.69) is 18.1 Å². The number of hydrogen-bond donors (Lipinski definition) is 7. The maximum atomic E-state index is 12.7. The van der Waals surface area contributed by atoms with Gasteiger partial charge >= 0.3 is 34.8 Å². The molecule has 12 atom stereocenters. The summed E-state index contributed by atoms with van der Waals surface area (Å²) in [6.07, 6.45) is -10.1. The Bertz CT molecular complexity index is 2180. The Hall–Kier alpha value is -3.25. The maximum absolute atomic E-state index is 12.7. The zero-order chi connectivity index (χ0) is 38.3. The lowest BCUT2D eigenvalue weighted by Gasteiger charge is -2.22. The third-order valence-electron chi connectivity index (χ3n) is 7.95. The Labute approximate surface area is 294 Å². The van der Waals surface area contributed by atoms with Crippen molar-refractivity contribution in [3.63, 3.8) is 0 Å². The number of nitrogens with one attached hydrogen (secondary N) is 2. The van der Waals surface area contributed by atoms with E-state index in [1.807, 2.05) is 4.98 Å². The second-order valence-corrected chi connectivity index (χ2v) is 16.3. The van der Waals surface area contributed by atoms with Crippen LogP contribution in [0.15, 0.2) is 74.0 Å². The summed E-state index contributed by atoms with van der Waals surface area (Å²) in [5, 5.41) is 20.6. The Kier molecular flexibility index (Phi) is 11.5. The highest BCUT2D eigenvalue weighted by Crippen LogP contribution is 2.68. The molecule has 7 N–H and O–H groups in total. The molecule has 53 heavy (non-hydrogen) atoms. The molecule has 5 heterocycles. The SMILES string of the molecule is O=c1ccn([C@@H]2O[C@H](COP(=O)(O)OP(=O)(O)OP(=O)(O)OC[C@H]3O[C@@H](n4ccc(=O)[nH]c4=O)[C@H]4OC(Cc5ccccc5)O[C@H]43)[C@@H](O)[C@H]2O)c(=O)[nH]1. The van der Waals surface area contributed by atoms with Crippen LogP contribution in [0.25, 0.3) is 0 Å². The van der Waals surface area contributed by atoms with Crippen LogP contribution in [0, 0.1) is 0 Å². The van der Waals surface area contributed by atoms with Crippen molar-refractivity contribution in [1.29, 1.82) is 0 Å². The third-order valence-corrected chi connectivity index (χ3v) is 12.2. The molecule has 0 bridgehead atoms. The highest BCUT2D eigenvalue weighted by atomic mass is 31.3. The molecule has 3 aliphatic heterocycles. The van der Waals surface area contributed by atoms with E-state index in [9.17, 15) is 57.8 Å². The first-order valence-electron chi connectivity index (χ1n) is 15.3. The predicted octanol–water partition coefficient (Wildman–Crippen LogP) is -1.68. The molecule has 2 aromatic heterocycles. The van der Waals surface area contributed by atoms with Crippen molar-refractivity contribution in [2.75, 3.05) is 13.2 Å². The minimum Gasteiger partial charge on any atom is -0.387 e. The van der Waals surface area contributed by atoms with Crippen molar-refractivity contribution in [3.8, 4) is 0 Å². The summed E-state index contributed by atoms with van der Waals surface area (Å²) in [4.78, 5) is 81.8. The van der Waals surface area contributed by atoms with Gasteiger partial charge in [-0.3, -0.25) is 37.7 Å². The van der Waals surface area contributed by atoms with Crippen molar-refractivity contribution >= 4 is 23.5 Å². The molecular weight excluding hydrogens is 781 g/mol. The lowest BCUT2D eigenvalue weighted by atomic mass is 10.1. The fourth-order valence-electron chi connectivity index (χ4n) is 5.67. The molecule has 3 aliphatic rings. The van der Waals surface area contributed by atoms with Crippen LogP contribution in [0.4, 0.5) is 0 Å². The van der Waals surface area contributed by atoms with Gasteiger partial charge in [0.1, 0.15) is 36.6 Å². The first-order valence-corrected chi connectivity index (χ1v) is 19.7. The van der Waals surface area contributed by atoms with Gasteiger partial charge in [0, 0.05) is 30.9 Å². The van der Waals surface area contributed by atoms with Crippen LogP contribution in [-0.4, -0.2) is 100 Å². The molecule has 0 amide bonds. The van der Waals surface area contributed by atoms with Gasteiger partial charge in [0.25, 0.3) is 11.1 Å². The number of phosphoric ester groups is 2. The van der Waals surface area contributed by atoms with Crippen LogP contribution in [0.2, 0.25) is 0 Å². The molecule has 24 nitrogen and oxygen atoms in total. The van der Waals surface area contributed by atoms with Crippen LogP contribution >= 0.6 is 23.5 Å². The van der Waals surface area contributed by atoms with Gasteiger partial charge in [-0.15, -0.1) is 0 Å². The Morgan fingerprint density at radius 1 is 0.642 bits per heavy atom. The first kappa shape index (κ1) is 39.4. The van der Waals surface area contributed by atoms with Gasteiger partial charge in [-0.25, -0.2) is 23.3 Å². The third kappa shape index (κ3) is 9.35. The van der Waals surface area contributed by atoms with Crippen molar-refractivity contribution in [2.45, 2.75) is 61.8 Å². The van der Waals surface area contributed by atoms with Gasteiger partial charge in [-0.2, -0.15) is 8.62 Å². The Morgan fingerprint density at radius 3 is 1.72 bits per heavy atom. The van der Waals surface area contributed by atoms with Gasteiger partial charge in [0.05, 0.1) is 13.2 Å². The van der Waals surface area contributed by atoms with Crippen molar-refractivity contribution in [1.82, 2.24) is 19.1 Å². The molecule has 3 saturated heterocycles. The highest BCUT2D eigenvalue weighted by Gasteiger charge is 2.55. The highest BCUT2D eigenvalue weighted by molar-refractivity contribution is 7.66. The number of aliphatic hydroxyl groups excluding tert-OH is 2.